The molecule has 8 unspecified atom stereocenters. The zero-order valence-corrected chi connectivity index (χ0v) is 33.8. The zero-order valence-electron chi connectivity index (χ0n) is 33.8. The van der Waals surface area contributed by atoms with Crippen LogP contribution in [0.5, 0.6) is 0 Å². The standard InChI is InChI=1S/C43H75NO5/c1-29(2)14-13-15-30(3)34-18-19-35-33-17-16-31-28-32(20-24-42(31,11)36(33)21-25-43(34,35)12)48-37(45)22-23-41(9,10)47-27-26-40(7,8)44-38(46)49-39(4,5)6/h16,29-30,32-36H,13-15,17-28H2,1-12H3,(H,44,46). The van der Waals surface area contributed by atoms with Gasteiger partial charge in [-0.1, -0.05) is 65.5 Å². The van der Waals surface area contributed by atoms with Crippen LogP contribution in [0.15, 0.2) is 11.6 Å². The fourth-order valence-corrected chi connectivity index (χ4v) is 10.7. The molecule has 0 aromatic heterocycles. The number of carbonyl (C=O) groups excluding carboxylic acids is 2. The summed E-state index contributed by atoms with van der Waals surface area (Å²) in [4.78, 5) is 25.3. The Morgan fingerprint density at radius 1 is 0.918 bits per heavy atom. The summed E-state index contributed by atoms with van der Waals surface area (Å²) in [5.74, 6) is 4.90. The highest BCUT2D eigenvalue weighted by Gasteiger charge is 2.59. The third-order valence-corrected chi connectivity index (χ3v) is 13.5. The molecule has 1 amide bonds. The van der Waals surface area contributed by atoms with E-state index < -0.39 is 22.8 Å². The molecule has 3 fully saturated rings. The summed E-state index contributed by atoms with van der Waals surface area (Å²) in [5, 5.41) is 2.94. The van der Waals surface area contributed by atoms with Crippen LogP contribution in [0.4, 0.5) is 4.79 Å². The fourth-order valence-electron chi connectivity index (χ4n) is 10.7. The second-order valence-electron chi connectivity index (χ2n) is 20.0. The molecule has 0 aromatic carbocycles. The van der Waals surface area contributed by atoms with Crippen molar-refractivity contribution in [2.24, 2.45) is 46.3 Å². The van der Waals surface area contributed by atoms with Crippen LogP contribution in [-0.2, 0) is 19.0 Å². The molecule has 1 N–H and O–H groups in total. The summed E-state index contributed by atoms with van der Waals surface area (Å²) in [6.45, 7) is 26.6. The maximum atomic E-state index is 13.1. The van der Waals surface area contributed by atoms with Crippen LogP contribution in [-0.4, -0.2) is 41.5 Å². The zero-order chi connectivity index (χ0) is 36.4. The summed E-state index contributed by atoms with van der Waals surface area (Å²) in [5.41, 5.74) is 0.873. The number of fused-ring (bicyclic) bond motifs is 5. The Hall–Kier alpha value is -1.56. The summed E-state index contributed by atoms with van der Waals surface area (Å²) in [6, 6.07) is 0. The van der Waals surface area contributed by atoms with Crippen molar-refractivity contribution in [3.63, 3.8) is 0 Å². The van der Waals surface area contributed by atoms with Crippen LogP contribution in [0.25, 0.3) is 0 Å². The highest BCUT2D eigenvalue weighted by Crippen LogP contribution is 2.67. The monoisotopic (exact) mass is 686 g/mol. The number of hydrogen-bond donors (Lipinski definition) is 1. The summed E-state index contributed by atoms with van der Waals surface area (Å²) < 4.78 is 17.7. The number of alkyl carbamates (subject to hydrolysis) is 1. The van der Waals surface area contributed by atoms with Gasteiger partial charge in [-0.15, -0.1) is 0 Å². The Kier molecular flexibility index (Phi) is 12.8. The molecule has 282 valence electrons. The van der Waals surface area contributed by atoms with Gasteiger partial charge in [0.2, 0.25) is 0 Å². The van der Waals surface area contributed by atoms with E-state index in [0.29, 0.717) is 31.3 Å². The van der Waals surface area contributed by atoms with E-state index in [-0.39, 0.29) is 17.5 Å². The Labute approximate surface area is 301 Å². The first-order chi connectivity index (χ1) is 22.6. The molecular formula is C43H75NO5. The second kappa shape index (κ2) is 15.6. The first-order valence-electron chi connectivity index (χ1n) is 20.2. The first kappa shape index (κ1) is 40.2. The van der Waals surface area contributed by atoms with Crippen LogP contribution in [0.1, 0.15) is 173 Å². The maximum absolute atomic E-state index is 13.1. The van der Waals surface area contributed by atoms with Gasteiger partial charge in [-0.25, -0.2) is 4.79 Å². The van der Waals surface area contributed by atoms with Gasteiger partial charge in [0.05, 0.1) is 5.60 Å². The molecule has 0 heterocycles. The summed E-state index contributed by atoms with van der Waals surface area (Å²) in [7, 11) is 0. The lowest BCUT2D eigenvalue weighted by Crippen LogP contribution is -2.51. The number of amides is 1. The van der Waals surface area contributed by atoms with Crippen molar-refractivity contribution in [1.29, 1.82) is 0 Å². The molecular weight excluding hydrogens is 610 g/mol. The van der Waals surface area contributed by atoms with Gasteiger partial charge >= 0.3 is 12.1 Å². The maximum Gasteiger partial charge on any atom is 0.408 e. The lowest BCUT2D eigenvalue weighted by Gasteiger charge is -2.58. The van der Waals surface area contributed by atoms with Crippen molar-refractivity contribution in [3.8, 4) is 0 Å². The minimum atomic E-state index is -0.538. The van der Waals surface area contributed by atoms with Crippen LogP contribution in [0, 0.1) is 46.3 Å². The minimum Gasteiger partial charge on any atom is -0.462 e. The normalized spacial score (nSPS) is 32.4. The lowest BCUT2D eigenvalue weighted by molar-refractivity contribution is -0.153. The number of allylic oxidation sites excluding steroid dienone is 1. The summed E-state index contributed by atoms with van der Waals surface area (Å²) >= 11 is 0. The lowest BCUT2D eigenvalue weighted by atomic mass is 9.47. The highest BCUT2D eigenvalue weighted by atomic mass is 16.6. The molecule has 4 aliphatic carbocycles. The van der Waals surface area contributed by atoms with Crippen LogP contribution in [0.2, 0.25) is 0 Å². The SMILES string of the molecule is CC(C)CCCC(C)C1CCC2C3CC=C4CC(OC(=O)CCC(C)(C)OCCC(C)(C)NC(=O)OC(C)(C)C)CCC4(C)C3CCC12C. The largest absolute Gasteiger partial charge is 0.462 e. The van der Waals surface area contributed by atoms with E-state index >= 15 is 0 Å². The molecule has 0 radical (unpaired) electrons. The van der Waals surface area contributed by atoms with Crippen molar-refractivity contribution >= 4 is 12.1 Å². The van der Waals surface area contributed by atoms with Gasteiger partial charge in [0.15, 0.2) is 0 Å². The predicted molar refractivity (Wildman–Crippen MR) is 200 cm³/mol. The third-order valence-electron chi connectivity index (χ3n) is 13.5. The van der Waals surface area contributed by atoms with Gasteiger partial charge in [-0.05, 0) is 153 Å². The number of nitrogens with one attached hydrogen (secondary N) is 1. The van der Waals surface area contributed by atoms with Gasteiger partial charge in [-0.2, -0.15) is 0 Å². The molecule has 0 aromatic rings. The van der Waals surface area contributed by atoms with E-state index in [4.69, 9.17) is 14.2 Å². The first-order valence-corrected chi connectivity index (χ1v) is 20.2. The fraction of sp³-hybridized carbons (Fsp3) is 0.907. The molecule has 3 saturated carbocycles. The molecule has 4 aliphatic rings. The van der Waals surface area contributed by atoms with E-state index in [0.717, 1.165) is 54.8 Å². The number of hydrogen-bond acceptors (Lipinski definition) is 5. The van der Waals surface area contributed by atoms with Gasteiger partial charge in [0.1, 0.15) is 11.7 Å². The molecule has 0 saturated heterocycles. The van der Waals surface area contributed by atoms with E-state index in [1.807, 2.05) is 48.5 Å². The van der Waals surface area contributed by atoms with E-state index in [1.54, 1.807) is 5.57 Å². The Bertz CT molecular complexity index is 1170. The molecule has 4 rings (SSSR count). The molecule has 0 spiro atoms. The smallest absolute Gasteiger partial charge is 0.408 e. The van der Waals surface area contributed by atoms with Crippen molar-refractivity contribution < 1.29 is 23.8 Å². The van der Waals surface area contributed by atoms with E-state index in [2.05, 4.69) is 46.0 Å². The molecule has 6 heteroatoms. The van der Waals surface area contributed by atoms with Crippen LogP contribution < -0.4 is 5.32 Å². The van der Waals surface area contributed by atoms with Crippen LogP contribution >= 0.6 is 0 Å². The van der Waals surface area contributed by atoms with Gasteiger partial charge in [0.25, 0.3) is 0 Å². The Morgan fingerprint density at radius 3 is 2.31 bits per heavy atom. The molecule has 49 heavy (non-hydrogen) atoms. The number of esters is 1. The molecule has 6 nitrogen and oxygen atoms in total. The second-order valence-corrected chi connectivity index (χ2v) is 20.0. The van der Waals surface area contributed by atoms with E-state index in [9.17, 15) is 9.59 Å². The van der Waals surface area contributed by atoms with Crippen molar-refractivity contribution in [2.45, 2.75) is 196 Å². The average molecular weight is 686 g/mol. The van der Waals surface area contributed by atoms with Gasteiger partial charge < -0.3 is 19.5 Å². The van der Waals surface area contributed by atoms with Crippen molar-refractivity contribution in [1.82, 2.24) is 5.32 Å². The van der Waals surface area contributed by atoms with E-state index in [1.165, 1.54) is 51.4 Å². The summed E-state index contributed by atoms with van der Waals surface area (Å²) in [6.07, 6.45) is 17.8. The number of carbonyl (C=O) groups is 2. The van der Waals surface area contributed by atoms with Gasteiger partial charge in [-0.3, -0.25) is 4.79 Å². The highest BCUT2D eigenvalue weighted by molar-refractivity contribution is 5.69. The quantitative estimate of drug-likeness (QED) is 0.145. The van der Waals surface area contributed by atoms with Crippen molar-refractivity contribution in [3.05, 3.63) is 11.6 Å². The Morgan fingerprint density at radius 2 is 1.63 bits per heavy atom. The topological polar surface area (TPSA) is 73.9 Å². The van der Waals surface area contributed by atoms with Crippen LogP contribution in [0.3, 0.4) is 0 Å². The molecule has 0 bridgehead atoms. The minimum absolute atomic E-state index is 0.0106. The Balaban J connectivity index is 1.24. The van der Waals surface area contributed by atoms with Crippen molar-refractivity contribution in [2.75, 3.05) is 6.61 Å². The molecule has 8 atom stereocenters. The van der Waals surface area contributed by atoms with Gasteiger partial charge in [0, 0.05) is 25.0 Å². The predicted octanol–water partition coefficient (Wildman–Crippen LogP) is 11.2. The number of rotatable bonds is 14. The average Bonchev–Trinajstić information content (AvgIpc) is 3.32. The molecule has 0 aliphatic heterocycles. The number of ether oxygens (including phenoxy) is 3. The third kappa shape index (κ3) is 10.3.